The molecule has 0 heterocycles. The minimum atomic E-state index is -0.475. The van der Waals surface area contributed by atoms with Crippen molar-refractivity contribution in [1.82, 2.24) is 0 Å². The lowest BCUT2D eigenvalue weighted by atomic mass is 10.0. The van der Waals surface area contributed by atoms with Crippen LogP contribution in [-0.4, -0.2) is 11.9 Å². The smallest absolute Gasteiger partial charge is 0.260 e. The number of carbonyl (C=O) groups is 2. The third-order valence-electron chi connectivity index (χ3n) is 8.62. The molecule has 0 spiro atoms. The molecule has 0 fully saturated rings. The van der Waals surface area contributed by atoms with E-state index < -0.39 is 11.9 Å². The standard InChI is InChI=1S/C37H72O5/c1-4-6-8-10-12-14-16-18-20-22-24-26-28-30-32-34-36(38)40-42-41-37(39)35(3)33-31-29-27-25-23-21-19-17-15-13-11-9-7-5-2/h35H,4-34H2,1-3H3. The molecule has 250 valence electrons. The van der Waals surface area contributed by atoms with E-state index in [1.54, 1.807) is 0 Å². The Balaban J connectivity index is 3.38. The van der Waals surface area contributed by atoms with Gasteiger partial charge in [0.25, 0.3) is 0 Å². The lowest BCUT2D eigenvalue weighted by Crippen LogP contribution is -2.17. The molecule has 0 aromatic rings. The maximum atomic E-state index is 12.1. The summed E-state index contributed by atoms with van der Waals surface area (Å²) >= 11 is 0. The predicted octanol–water partition coefficient (Wildman–Crippen LogP) is 12.7. The van der Waals surface area contributed by atoms with Gasteiger partial charge in [0, 0.05) is 11.5 Å². The van der Waals surface area contributed by atoms with Crippen molar-refractivity contribution in [1.29, 1.82) is 0 Å². The van der Waals surface area contributed by atoms with Crippen molar-refractivity contribution in [2.75, 3.05) is 0 Å². The number of unbranched alkanes of at least 4 members (excludes halogenated alkanes) is 27. The molecule has 0 radical (unpaired) electrons. The Morgan fingerprint density at radius 1 is 0.429 bits per heavy atom. The van der Waals surface area contributed by atoms with Crippen LogP contribution < -0.4 is 0 Å². The van der Waals surface area contributed by atoms with Crippen LogP contribution in [0, 0.1) is 5.92 Å². The largest absolute Gasteiger partial charge is 0.349 e. The third-order valence-corrected chi connectivity index (χ3v) is 8.62. The van der Waals surface area contributed by atoms with Crippen molar-refractivity contribution in [3.63, 3.8) is 0 Å². The molecule has 5 heteroatoms. The van der Waals surface area contributed by atoms with Crippen molar-refractivity contribution < 1.29 is 24.4 Å². The molecule has 0 aliphatic rings. The van der Waals surface area contributed by atoms with Gasteiger partial charge in [-0.05, 0) is 12.8 Å². The van der Waals surface area contributed by atoms with E-state index in [0.29, 0.717) is 6.42 Å². The predicted molar refractivity (Wildman–Crippen MR) is 177 cm³/mol. The van der Waals surface area contributed by atoms with E-state index in [1.165, 1.54) is 154 Å². The van der Waals surface area contributed by atoms with Crippen molar-refractivity contribution in [2.45, 2.75) is 220 Å². The van der Waals surface area contributed by atoms with Crippen LogP contribution in [-0.2, 0) is 24.4 Å². The molecular formula is C37H72O5. The Morgan fingerprint density at radius 2 is 0.738 bits per heavy atom. The second kappa shape index (κ2) is 34.4. The van der Waals surface area contributed by atoms with Crippen LogP contribution in [0.5, 0.6) is 0 Å². The second-order valence-electron chi connectivity index (χ2n) is 12.9. The van der Waals surface area contributed by atoms with Crippen molar-refractivity contribution >= 4 is 11.9 Å². The Labute approximate surface area is 261 Å². The highest BCUT2D eigenvalue weighted by Gasteiger charge is 2.17. The summed E-state index contributed by atoms with van der Waals surface area (Å²) < 4.78 is 0. The van der Waals surface area contributed by atoms with Gasteiger partial charge in [-0.25, -0.2) is 9.59 Å². The zero-order valence-electron chi connectivity index (χ0n) is 28.5. The molecule has 0 aliphatic carbocycles. The Bertz CT molecular complexity index is 564. The first-order valence-electron chi connectivity index (χ1n) is 18.7. The molecule has 0 bridgehead atoms. The zero-order valence-corrected chi connectivity index (χ0v) is 28.5. The summed E-state index contributed by atoms with van der Waals surface area (Å²) in [4.78, 5) is 33.2. The number of carbonyl (C=O) groups excluding carboxylic acids is 2. The van der Waals surface area contributed by atoms with Gasteiger partial charge in [-0.2, -0.15) is 0 Å². The summed E-state index contributed by atoms with van der Waals surface area (Å²) in [5.41, 5.74) is 0. The summed E-state index contributed by atoms with van der Waals surface area (Å²) in [6.07, 6.45) is 38.8. The quantitative estimate of drug-likeness (QED) is 0.0420. The van der Waals surface area contributed by atoms with Gasteiger partial charge in [-0.15, -0.1) is 0 Å². The fraction of sp³-hybridized carbons (Fsp3) is 0.946. The van der Waals surface area contributed by atoms with E-state index in [9.17, 15) is 9.59 Å². The highest BCUT2D eigenvalue weighted by molar-refractivity contribution is 5.71. The van der Waals surface area contributed by atoms with Crippen LogP contribution >= 0.6 is 0 Å². The van der Waals surface area contributed by atoms with Gasteiger partial charge in [0.1, 0.15) is 0 Å². The van der Waals surface area contributed by atoms with Crippen LogP contribution in [0.4, 0.5) is 0 Å². The molecule has 0 aromatic carbocycles. The van der Waals surface area contributed by atoms with Crippen LogP contribution in [0.1, 0.15) is 220 Å². The molecule has 1 atom stereocenters. The van der Waals surface area contributed by atoms with E-state index in [4.69, 9.17) is 4.89 Å². The van der Waals surface area contributed by atoms with Crippen LogP contribution in [0.2, 0.25) is 0 Å². The number of hydrogen-bond donors (Lipinski definition) is 0. The van der Waals surface area contributed by atoms with Gasteiger partial charge in [0.05, 0.1) is 5.92 Å². The minimum absolute atomic E-state index is 0.253. The third kappa shape index (κ3) is 31.8. The monoisotopic (exact) mass is 597 g/mol. The van der Waals surface area contributed by atoms with Gasteiger partial charge in [-0.3, -0.25) is 9.78 Å². The lowest BCUT2D eigenvalue weighted by molar-refractivity contribution is -0.460. The highest BCUT2D eigenvalue weighted by Crippen LogP contribution is 2.17. The Hall–Kier alpha value is -1.10. The second-order valence-corrected chi connectivity index (χ2v) is 12.9. The molecule has 0 saturated carbocycles. The minimum Gasteiger partial charge on any atom is -0.260 e. The first-order chi connectivity index (χ1) is 20.6. The molecule has 0 saturated heterocycles. The average Bonchev–Trinajstić information content (AvgIpc) is 2.99. The summed E-state index contributed by atoms with van der Waals surface area (Å²) in [6.45, 7) is 6.38. The Morgan fingerprint density at radius 3 is 1.10 bits per heavy atom. The SMILES string of the molecule is CCCCCCCCCCCCCCCCCC(=O)OOOC(=O)C(C)CCCCCCCCCCCCCCCC. The van der Waals surface area contributed by atoms with Crippen LogP contribution in [0.3, 0.4) is 0 Å². The first-order valence-corrected chi connectivity index (χ1v) is 18.7. The van der Waals surface area contributed by atoms with Crippen molar-refractivity contribution in [2.24, 2.45) is 5.92 Å². The van der Waals surface area contributed by atoms with Gasteiger partial charge < -0.3 is 0 Å². The molecule has 42 heavy (non-hydrogen) atoms. The first kappa shape index (κ1) is 40.9. The molecule has 0 N–H and O–H groups in total. The van der Waals surface area contributed by atoms with E-state index in [1.807, 2.05) is 6.92 Å². The molecule has 0 aliphatic heterocycles. The fourth-order valence-corrected chi connectivity index (χ4v) is 5.62. The molecule has 0 rings (SSSR count). The van der Waals surface area contributed by atoms with Gasteiger partial charge in [0.15, 0.2) is 0 Å². The van der Waals surface area contributed by atoms with Crippen molar-refractivity contribution in [3.8, 4) is 0 Å². The van der Waals surface area contributed by atoms with E-state index in [-0.39, 0.29) is 5.92 Å². The summed E-state index contributed by atoms with van der Waals surface area (Å²) in [5, 5.41) is 4.48. The molecular weight excluding hydrogens is 524 g/mol. The van der Waals surface area contributed by atoms with Crippen LogP contribution in [0.25, 0.3) is 0 Å². The fourth-order valence-electron chi connectivity index (χ4n) is 5.62. The normalized spacial score (nSPS) is 12.0. The average molecular weight is 597 g/mol. The highest BCUT2D eigenvalue weighted by atomic mass is 17.5. The number of rotatable bonds is 34. The summed E-state index contributed by atoms with van der Waals surface area (Å²) in [7, 11) is 0. The summed E-state index contributed by atoms with van der Waals surface area (Å²) in [6, 6.07) is 0. The summed E-state index contributed by atoms with van der Waals surface area (Å²) in [5.74, 6) is -1.20. The van der Waals surface area contributed by atoms with E-state index >= 15 is 0 Å². The lowest BCUT2D eigenvalue weighted by Gasteiger charge is -2.09. The molecule has 0 amide bonds. The molecule has 1 unspecified atom stereocenters. The van der Waals surface area contributed by atoms with E-state index in [2.05, 4.69) is 23.8 Å². The Kier molecular flexibility index (Phi) is 33.5. The molecule has 5 nitrogen and oxygen atoms in total. The number of hydrogen-bond acceptors (Lipinski definition) is 5. The zero-order chi connectivity index (χ0) is 30.8. The maximum Gasteiger partial charge on any atom is 0.349 e. The van der Waals surface area contributed by atoms with Gasteiger partial charge in [-0.1, -0.05) is 201 Å². The van der Waals surface area contributed by atoms with Crippen molar-refractivity contribution in [3.05, 3.63) is 0 Å². The van der Waals surface area contributed by atoms with Gasteiger partial charge in [0.2, 0.25) is 0 Å². The maximum absolute atomic E-state index is 12.1. The van der Waals surface area contributed by atoms with Gasteiger partial charge >= 0.3 is 11.9 Å². The van der Waals surface area contributed by atoms with Crippen LogP contribution in [0.15, 0.2) is 0 Å². The topological polar surface area (TPSA) is 61.8 Å². The molecule has 0 aromatic heterocycles. The van der Waals surface area contributed by atoms with E-state index in [0.717, 1.165) is 38.5 Å².